The summed E-state index contributed by atoms with van der Waals surface area (Å²) in [6, 6.07) is 10.0. The number of benzene rings is 2. The number of nitrogens with one attached hydrogen (secondary N) is 1. The van der Waals surface area contributed by atoms with Gasteiger partial charge in [-0.25, -0.2) is 12.8 Å². The van der Waals surface area contributed by atoms with Crippen molar-refractivity contribution in [1.82, 2.24) is 10.2 Å². The monoisotopic (exact) mass is 463 g/mol. The summed E-state index contributed by atoms with van der Waals surface area (Å²) in [5.74, 6) is -1.32. The lowest BCUT2D eigenvalue weighted by molar-refractivity contribution is -0.139. The first-order valence-corrected chi connectivity index (χ1v) is 12.1. The fourth-order valence-electron chi connectivity index (χ4n) is 3.40. The molecule has 0 aromatic heterocycles. The van der Waals surface area contributed by atoms with Gasteiger partial charge < -0.3 is 10.2 Å². The lowest BCUT2D eigenvalue weighted by atomic mass is 10.1. The molecule has 0 bridgehead atoms. The number of hydrogen-bond acceptors (Lipinski definition) is 4. The summed E-state index contributed by atoms with van der Waals surface area (Å²) in [6.45, 7) is 6.98. The van der Waals surface area contributed by atoms with Crippen LogP contribution in [0.1, 0.15) is 30.5 Å². The van der Waals surface area contributed by atoms with Crippen molar-refractivity contribution in [1.29, 1.82) is 0 Å². The summed E-state index contributed by atoms with van der Waals surface area (Å²) in [7, 11) is -3.78. The predicted molar refractivity (Wildman–Crippen MR) is 123 cm³/mol. The van der Waals surface area contributed by atoms with E-state index in [4.69, 9.17) is 0 Å². The number of halogens is 1. The maximum atomic E-state index is 13.3. The molecule has 174 valence electrons. The molecule has 0 fully saturated rings. The molecule has 9 heteroatoms. The van der Waals surface area contributed by atoms with Gasteiger partial charge >= 0.3 is 0 Å². The third kappa shape index (κ3) is 6.78. The van der Waals surface area contributed by atoms with E-state index in [-0.39, 0.29) is 12.5 Å². The average molecular weight is 464 g/mol. The van der Waals surface area contributed by atoms with Gasteiger partial charge in [0, 0.05) is 13.1 Å². The fraction of sp³-hybridized carbons (Fsp3) is 0.391. The third-order valence-corrected chi connectivity index (χ3v) is 6.10. The molecule has 0 heterocycles. The normalized spacial score (nSPS) is 12.2. The number of sulfonamides is 1. The summed E-state index contributed by atoms with van der Waals surface area (Å²) < 4.78 is 39.4. The zero-order valence-electron chi connectivity index (χ0n) is 19.1. The highest BCUT2D eigenvalue weighted by molar-refractivity contribution is 7.92. The molecule has 0 saturated carbocycles. The van der Waals surface area contributed by atoms with E-state index in [2.05, 4.69) is 5.32 Å². The lowest BCUT2D eigenvalue weighted by Crippen LogP contribution is -2.51. The SMILES string of the molecule is CCNC(=O)[C@H](C)N(Cc1ccc(F)cc1)C(=O)CN(c1cc(C)cc(C)c1)S(C)(=O)=O. The Morgan fingerprint density at radius 2 is 1.62 bits per heavy atom. The van der Waals surface area contributed by atoms with E-state index in [0.717, 1.165) is 21.7 Å². The number of likely N-dealkylation sites (N-methyl/N-ethyl adjacent to an activating group) is 1. The Kier molecular flexibility index (Phi) is 8.38. The number of carbonyl (C=O) groups excluding carboxylic acids is 2. The second-order valence-corrected chi connectivity index (χ2v) is 9.74. The van der Waals surface area contributed by atoms with Gasteiger partial charge in [-0.15, -0.1) is 0 Å². The molecule has 1 atom stereocenters. The van der Waals surface area contributed by atoms with Crippen molar-refractivity contribution >= 4 is 27.5 Å². The molecule has 0 unspecified atom stereocenters. The van der Waals surface area contributed by atoms with Crippen LogP contribution in [0.15, 0.2) is 42.5 Å². The third-order valence-electron chi connectivity index (χ3n) is 4.96. The molecule has 0 aliphatic heterocycles. The van der Waals surface area contributed by atoms with Gasteiger partial charge in [-0.3, -0.25) is 13.9 Å². The largest absolute Gasteiger partial charge is 0.355 e. The number of amides is 2. The predicted octanol–water partition coefficient (Wildman–Crippen LogP) is 2.76. The molecule has 0 radical (unpaired) electrons. The molecule has 0 spiro atoms. The topological polar surface area (TPSA) is 86.8 Å². The molecule has 2 aromatic rings. The van der Waals surface area contributed by atoms with E-state index >= 15 is 0 Å². The second kappa shape index (κ2) is 10.6. The molecule has 7 nitrogen and oxygen atoms in total. The highest BCUT2D eigenvalue weighted by Crippen LogP contribution is 2.22. The summed E-state index contributed by atoms with van der Waals surface area (Å²) in [6.07, 6.45) is 1.04. The lowest BCUT2D eigenvalue weighted by Gasteiger charge is -2.31. The molecule has 0 saturated heterocycles. The van der Waals surface area contributed by atoms with Crippen LogP contribution in [0.3, 0.4) is 0 Å². The maximum absolute atomic E-state index is 13.3. The summed E-state index contributed by atoms with van der Waals surface area (Å²) >= 11 is 0. The molecule has 2 amide bonds. The Bertz CT molecular complexity index is 1050. The van der Waals surface area contributed by atoms with E-state index in [1.165, 1.54) is 29.2 Å². The van der Waals surface area contributed by atoms with E-state index in [1.54, 1.807) is 26.0 Å². The van der Waals surface area contributed by atoms with Gasteiger partial charge in [0.05, 0.1) is 11.9 Å². The van der Waals surface area contributed by atoms with Crippen molar-refractivity contribution < 1.29 is 22.4 Å². The van der Waals surface area contributed by atoms with Crippen LogP contribution in [0.25, 0.3) is 0 Å². The van der Waals surface area contributed by atoms with Gasteiger partial charge in [0.1, 0.15) is 18.4 Å². The van der Waals surface area contributed by atoms with Crippen molar-refractivity contribution in [2.24, 2.45) is 0 Å². The summed E-state index contributed by atoms with van der Waals surface area (Å²) in [5, 5.41) is 2.68. The minimum atomic E-state index is -3.78. The first-order chi connectivity index (χ1) is 14.9. The highest BCUT2D eigenvalue weighted by Gasteiger charge is 2.30. The summed E-state index contributed by atoms with van der Waals surface area (Å²) in [4.78, 5) is 27.1. The molecule has 0 aliphatic carbocycles. The Labute approximate surface area is 189 Å². The minimum Gasteiger partial charge on any atom is -0.355 e. The van der Waals surface area contributed by atoms with Crippen molar-refractivity contribution in [2.45, 2.75) is 40.3 Å². The number of rotatable bonds is 9. The number of aryl methyl sites for hydroxylation is 2. The van der Waals surface area contributed by atoms with E-state index in [1.807, 2.05) is 19.9 Å². The van der Waals surface area contributed by atoms with Crippen molar-refractivity contribution in [2.75, 3.05) is 23.7 Å². The zero-order chi connectivity index (χ0) is 24.1. The molecule has 2 aromatic carbocycles. The van der Waals surface area contributed by atoms with Gasteiger partial charge in [-0.2, -0.15) is 0 Å². The van der Waals surface area contributed by atoms with Crippen LogP contribution >= 0.6 is 0 Å². The van der Waals surface area contributed by atoms with Crippen molar-refractivity contribution in [3.8, 4) is 0 Å². The Balaban J connectivity index is 2.40. The van der Waals surface area contributed by atoms with Crippen LogP contribution in [-0.2, 0) is 26.2 Å². The van der Waals surface area contributed by atoms with Gasteiger partial charge in [0.2, 0.25) is 21.8 Å². The Morgan fingerprint density at radius 3 is 2.12 bits per heavy atom. The van der Waals surface area contributed by atoms with E-state index in [9.17, 15) is 22.4 Å². The van der Waals surface area contributed by atoms with Gasteiger partial charge in [-0.05, 0) is 68.7 Å². The highest BCUT2D eigenvalue weighted by atomic mass is 32.2. The number of anilines is 1. The quantitative estimate of drug-likeness (QED) is 0.620. The van der Waals surface area contributed by atoms with Crippen LogP contribution in [0, 0.1) is 19.7 Å². The fourth-order valence-corrected chi connectivity index (χ4v) is 4.23. The molecular weight excluding hydrogens is 433 g/mol. The van der Waals surface area contributed by atoms with Crippen LogP contribution in [-0.4, -0.2) is 50.5 Å². The smallest absolute Gasteiger partial charge is 0.244 e. The van der Waals surface area contributed by atoms with E-state index < -0.39 is 34.3 Å². The van der Waals surface area contributed by atoms with E-state index in [0.29, 0.717) is 17.8 Å². The minimum absolute atomic E-state index is 0.0296. The van der Waals surface area contributed by atoms with Gasteiger partial charge in [0.15, 0.2) is 0 Å². The van der Waals surface area contributed by atoms with Crippen molar-refractivity contribution in [3.05, 3.63) is 65.0 Å². The molecular formula is C23H30FN3O4S. The van der Waals surface area contributed by atoms with Crippen LogP contribution in [0.2, 0.25) is 0 Å². The standard InChI is InChI=1S/C23H30FN3O4S/c1-6-25-23(29)18(4)26(14-19-7-9-20(24)10-8-19)22(28)15-27(32(5,30)31)21-12-16(2)11-17(3)13-21/h7-13,18H,6,14-15H2,1-5H3,(H,25,29)/t18-/m0/s1. The Hall–Kier alpha value is -2.94. The van der Waals surface area contributed by atoms with Crippen LogP contribution < -0.4 is 9.62 Å². The number of nitrogens with zero attached hydrogens (tertiary/aromatic N) is 2. The molecule has 32 heavy (non-hydrogen) atoms. The van der Waals surface area contributed by atoms with Crippen molar-refractivity contribution in [3.63, 3.8) is 0 Å². The average Bonchev–Trinajstić information content (AvgIpc) is 2.69. The van der Waals surface area contributed by atoms with Gasteiger partial charge in [0.25, 0.3) is 0 Å². The number of hydrogen-bond donors (Lipinski definition) is 1. The first-order valence-electron chi connectivity index (χ1n) is 10.3. The van der Waals surface area contributed by atoms with Crippen LogP contribution in [0.4, 0.5) is 10.1 Å². The molecule has 2 rings (SSSR count). The maximum Gasteiger partial charge on any atom is 0.244 e. The van der Waals surface area contributed by atoms with Crippen LogP contribution in [0.5, 0.6) is 0 Å². The second-order valence-electron chi connectivity index (χ2n) is 7.83. The van der Waals surface area contributed by atoms with Gasteiger partial charge in [-0.1, -0.05) is 18.2 Å². The first kappa shape index (κ1) is 25.3. The molecule has 1 N–H and O–H groups in total. The zero-order valence-corrected chi connectivity index (χ0v) is 19.9. The Morgan fingerprint density at radius 1 is 1.06 bits per heavy atom. The number of carbonyl (C=O) groups is 2. The summed E-state index contributed by atoms with van der Waals surface area (Å²) in [5.41, 5.74) is 2.72. The molecule has 0 aliphatic rings.